The van der Waals surface area contributed by atoms with Crippen molar-refractivity contribution >= 4 is 11.9 Å². The van der Waals surface area contributed by atoms with Gasteiger partial charge in [-0.25, -0.2) is 4.79 Å². The molecule has 4 rings (SSSR count). The molecule has 1 saturated heterocycles. The fraction of sp³-hybridized carbons (Fsp3) is 0.286. The SMILES string of the molecule is O=C(O)c1ccccc1-c1ccccc1C(=O)NCCCN1CCC(c2ccccc2)CC1. The summed E-state index contributed by atoms with van der Waals surface area (Å²) in [6.45, 7) is 3.72. The molecule has 0 radical (unpaired) electrons. The minimum absolute atomic E-state index is 0.173. The van der Waals surface area contributed by atoms with Crippen LogP contribution in [0, 0.1) is 0 Å². The van der Waals surface area contributed by atoms with E-state index < -0.39 is 5.97 Å². The van der Waals surface area contributed by atoms with Crippen LogP contribution in [0.1, 0.15) is 51.5 Å². The monoisotopic (exact) mass is 442 g/mol. The molecule has 5 nitrogen and oxygen atoms in total. The van der Waals surface area contributed by atoms with Crippen molar-refractivity contribution in [3.05, 3.63) is 95.6 Å². The fourth-order valence-electron chi connectivity index (χ4n) is 4.64. The largest absolute Gasteiger partial charge is 0.478 e. The Morgan fingerprint density at radius 1 is 0.818 bits per heavy atom. The Kier molecular flexibility index (Phi) is 7.53. The van der Waals surface area contributed by atoms with Crippen LogP contribution in [0.25, 0.3) is 11.1 Å². The Hall–Kier alpha value is -3.44. The number of nitrogens with one attached hydrogen (secondary N) is 1. The van der Waals surface area contributed by atoms with Crippen molar-refractivity contribution in [2.75, 3.05) is 26.2 Å². The maximum absolute atomic E-state index is 12.9. The number of rotatable bonds is 8. The summed E-state index contributed by atoms with van der Waals surface area (Å²) in [6, 6.07) is 24.7. The van der Waals surface area contributed by atoms with E-state index in [1.54, 1.807) is 42.5 Å². The molecule has 0 saturated carbocycles. The van der Waals surface area contributed by atoms with Crippen LogP contribution < -0.4 is 5.32 Å². The zero-order valence-electron chi connectivity index (χ0n) is 18.7. The number of hydrogen-bond acceptors (Lipinski definition) is 3. The third kappa shape index (κ3) is 5.68. The molecule has 2 N–H and O–H groups in total. The number of benzene rings is 3. The first-order chi connectivity index (χ1) is 16.1. The summed E-state index contributed by atoms with van der Waals surface area (Å²) in [5.41, 5.74) is 3.31. The fourth-order valence-corrected chi connectivity index (χ4v) is 4.64. The average Bonchev–Trinajstić information content (AvgIpc) is 2.87. The van der Waals surface area contributed by atoms with Gasteiger partial charge in [0.25, 0.3) is 5.91 Å². The minimum Gasteiger partial charge on any atom is -0.478 e. The highest BCUT2D eigenvalue weighted by atomic mass is 16.4. The molecule has 1 aliphatic rings. The molecule has 1 fully saturated rings. The van der Waals surface area contributed by atoms with Crippen molar-refractivity contribution in [2.24, 2.45) is 0 Å². The van der Waals surface area contributed by atoms with Gasteiger partial charge in [0.2, 0.25) is 0 Å². The summed E-state index contributed by atoms with van der Waals surface area (Å²) in [4.78, 5) is 27.0. The smallest absolute Gasteiger partial charge is 0.336 e. The van der Waals surface area contributed by atoms with Crippen molar-refractivity contribution in [1.82, 2.24) is 10.2 Å². The van der Waals surface area contributed by atoms with Crippen LogP contribution in [0.2, 0.25) is 0 Å². The Balaban J connectivity index is 1.29. The second-order valence-electron chi connectivity index (χ2n) is 8.53. The van der Waals surface area contributed by atoms with E-state index in [1.807, 2.05) is 6.07 Å². The van der Waals surface area contributed by atoms with Gasteiger partial charge in [-0.05, 0) is 73.6 Å². The van der Waals surface area contributed by atoms with E-state index in [2.05, 4.69) is 40.5 Å². The van der Waals surface area contributed by atoms with Gasteiger partial charge in [-0.15, -0.1) is 0 Å². The van der Waals surface area contributed by atoms with Crippen LogP contribution in [-0.2, 0) is 0 Å². The third-order valence-corrected chi connectivity index (χ3v) is 6.41. The lowest BCUT2D eigenvalue weighted by Crippen LogP contribution is -2.35. The summed E-state index contributed by atoms with van der Waals surface area (Å²) in [5, 5.41) is 12.5. The van der Waals surface area contributed by atoms with Gasteiger partial charge in [0.05, 0.1) is 5.56 Å². The topological polar surface area (TPSA) is 69.6 Å². The predicted octanol–water partition coefficient (Wildman–Crippen LogP) is 5.05. The van der Waals surface area contributed by atoms with Crippen LogP contribution >= 0.6 is 0 Å². The summed E-state index contributed by atoms with van der Waals surface area (Å²) in [6.07, 6.45) is 3.23. The molecule has 5 heteroatoms. The standard InChI is InChI=1S/C28H30N2O3/c31-27(25-13-6-4-11-23(25)24-12-5-7-14-26(24)28(32)33)29-17-8-18-30-19-15-22(16-20-30)21-9-2-1-3-10-21/h1-7,9-14,22H,8,15-20H2,(H,29,31)(H,32,33). The van der Waals surface area contributed by atoms with E-state index in [1.165, 1.54) is 18.4 Å². The second kappa shape index (κ2) is 10.9. The van der Waals surface area contributed by atoms with E-state index in [-0.39, 0.29) is 11.5 Å². The number of aromatic carboxylic acids is 1. The normalized spacial score (nSPS) is 14.7. The lowest BCUT2D eigenvalue weighted by atomic mass is 9.89. The van der Waals surface area contributed by atoms with Gasteiger partial charge in [0.1, 0.15) is 0 Å². The molecule has 0 aliphatic carbocycles. The molecule has 0 spiro atoms. The van der Waals surface area contributed by atoms with Gasteiger partial charge in [0, 0.05) is 12.1 Å². The summed E-state index contributed by atoms with van der Waals surface area (Å²) in [5.74, 6) is -0.530. The molecule has 33 heavy (non-hydrogen) atoms. The molecular weight excluding hydrogens is 412 g/mol. The van der Waals surface area contributed by atoms with Crippen LogP contribution in [0.4, 0.5) is 0 Å². The molecule has 1 aliphatic heterocycles. The first-order valence-electron chi connectivity index (χ1n) is 11.6. The van der Waals surface area contributed by atoms with E-state index in [0.29, 0.717) is 29.2 Å². The van der Waals surface area contributed by atoms with Crippen molar-refractivity contribution in [3.63, 3.8) is 0 Å². The highest BCUT2D eigenvalue weighted by Gasteiger charge is 2.20. The highest BCUT2D eigenvalue weighted by Crippen LogP contribution is 2.28. The molecule has 3 aromatic rings. The number of carboxylic acids is 1. The van der Waals surface area contributed by atoms with E-state index >= 15 is 0 Å². The number of amides is 1. The molecule has 0 bridgehead atoms. The predicted molar refractivity (Wildman–Crippen MR) is 131 cm³/mol. The van der Waals surface area contributed by atoms with Crippen molar-refractivity contribution in [2.45, 2.75) is 25.2 Å². The van der Waals surface area contributed by atoms with Crippen molar-refractivity contribution < 1.29 is 14.7 Å². The summed E-state index contributed by atoms with van der Waals surface area (Å²) < 4.78 is 0. The number of likely N-dealkylation sites (tertiary alicyclic amines) is 1. The van der Waals surface area contributed by atoms with E-state index in [4.69, 9.17) is 0 Å². The Morgan fingerprint density at radius 2 is 1.39 bits per heavy atom. The molecule has 0 unspecified atom stereocenters. The number of piperidine rings is 1. The molecule has 0 atom stereocenters. The Labute approximate surface area is 195 Å². The number of carboxylic acid groups (broad SMARTS) is 1. The van der Waals surface area contributed by atoms with Gasteiger partial charge in [-0.2, -0.15) is 0 Å². The molecule has 170 valence electrons. The summed E-state index contributed by atoms with van der Waals surface area (Å²) in [7, 11) is 0. The maximum Gasteiger partial charge on any atom is 0.336 e. The lowest BCUT2D eigenvalue weighted by molar-refractivity contribution is 0.0697. The Bertz CT molecular complexity index is 1090. The molecule has 1 heterocycles. The van der Waals surface area contributed by atoms with E-state index in [9.17, 15) is 14.7 Å². The maximum atomic E-state index is 12.9. The van der Waals surface area contributed by atoms with Crippen molar-refractivity contribution in [1.29, 1.82) is 0 Å². The van der Waals surface area contributed by atoms with Gasteiger partial charge in [-0.3, -0.25) is 4.79 Å². The zero-order chi connectivity index (χ0) is 23.0. The van der Waals surface area contributed by atoms with Gasteiger partial charge in [-0.1, -0.05) is 66.7 Å². The third-order valence-electron chi connectivity index (χ3n) is 6.41. The molecule has 1 amide bonds. The van der Waals surface area contributed by atoms with Gasteiger partial charge >= 0.3 is 5.97 Å². The second-order valence-corrected chi connectivity index (χ2v) is 8.53. The van der Waals surface area contributed by atoms with Crippen LogP contribution in [0.5, 0.6) is 0 Å². The molecule has 3 aromatic carbocycles. The molecular formula is C28H30N2O3. The number of hydrogen-bond donors (Lipinski definition) is 2. The lowest BCUT2D eigenvalue weighted by Gasteiger charge is -2.32. The number of nitrogens with zero attached hydrogens (tertiary/aromatic N) is 1. The number of carbonyl (C=O) groups excluding carboxylic acids is 1. The van der Waals surface area contributed by atoms with Gasteiger partial charge < -0.3 is 15.3 Å². The highest BCUT2D eigenvalue weighted by molar-refractivity contribution is 6.04. The summed E-state index contributed by atoms with van der Waals surface area (Å²) >= 11 is 0. The molecule has 0 aromatic heterocycles. The van der Waals surface area contributed by atoms with Crippen molar-refractivity contribution in [3.8, 4) is 11.1 Å². The van der Waals surface area contributed by atoms with Gasteiger partial charge in [0.15, 0.2) is 0 Å². The first-order valence-corrected chi connectivity index (χ1v) is 11.6. The first kappa shape index (κ1) is 22.7. The average molecular weight is 443 g/mol. The quantitative estimate of drug-likeness (QED) is 0.479. The van der Waals surface area contributed by atoms with Crippen LogP contribution in [-0.4, -0.2) is 48.1 Å². The van der Waals surface area contributed by atoms with E-state index in [0.717, 1.165) is 26.1 Å². The zero-order valence-corrected chi connectivity index (χ0v) is 18.7. The van der Waals surface area contributed by atoms with Crippen LogP contribution in [0.3, 0.4) is 0 Å². The minimum atomic E-state index is -1.00. The number of carbonyl (C=O) groups is 2. The van der Waals surface area contributed by atoms with Crippen LogP contribution in [0.15, 0.2) is 78.9 Å². The Morgan fingerprint density at radius 3 is 2.06 bits per heavy atom.